The summed E-state index contributed by atoms with van der Waals surface area (Å²) in [6, 6.07) is 12.7. The summed E-state index contributed by atoms with van der Waals surface area (Å²) in [5, 5.41) is 23.4. The second-order valence-electron chi connectivity index (χ2n) is 5.52. The van der Waals surface area contributed by atoms with Crippen molar-refractivity contribution >= 4 is 17.3 Å². The summed E-state index contributed by atoms with van der Waals surface area (Å²) < 4.78 is 0. The van der Waals surface area contributed by atoms with Crippen molar-refractivity contribution in [2.75, 3.05) is 25.5 Å². The van der Waals surface area contributed by atoms with Crippen LogP contribution in [0.5, 0.6) is 0 Å². The fraction of sp³-hybridized carbons (Fsp3) is 0.235. The number of hydrogen-bond donors (Lipinski definition) is 2. The lowest BCUT2D eigenvalue weighted by Gasteiger charge is -2.15. The average Bonchev–Trinajstić information content (AvgIpc) is 2.59. The summed E-state index contributed by atoms with van der Waals surface area (Å²) in [5.41, 5.74) is 1.86. The largest absolute Gasteiger partial charge is 0.387 e. The number of carbonyl (C=O) groups excluding carboxylic acids is 1. The van der Waals surface area contributed by atoms with Crippen molar-refractivity contribution in [2.24, 2.45) is 0 Å². The van der Waals surface area contributed by atoms with Crippen molar-refractivity contribution in [3.63, 3.8) is 0 Å². The van der Waals surface area contributed by atoms with E-state index in [1.54, 1.807) is 18.2 Å². The molecule has 0 saturated heterocycles. The van der Waals surface area contributed by atoms with Gasteiger partial charge < -0.3 is 15.3 Å². The Bertz CT molecular complexity index is 729. The summed E-state index contributed by atoms with van der Waals surface area (Å²) in [7, 11) is 3.77. The van der Waals surface area contributed by atoms with Gasteiger partial charge >= 0.3 is 0 Å². The van der Waals surface area contributed by atoms with Gasteiger partial charge in [0.2, 0.25) is 0 Å². The van der Waals surface area contributed by atoms with Crippen LogP contribution >= 0.6 is 0 Å². The molecule has 1 atom stereocenters. The molecule has 0 aliphatic rings. The van der Waals surface area contributed by atoms with Crippen LogP contribution in [-0.2, 0) is 0 Å². The highest BCUT2D eigenvalue weighted by Crippen LogP contribution is 2.18. The number of aliphatic hydroxyl groups is 1. The van der Waals surface area contributed by atoms with Gasteiger partial charge in [0, 0.05) is 44.0 Å². The van der Waals surface area contributed by atoms with Crippen molar-refractivity contribution in [1.29, 1.82) is 0 Å². The number of nitro groups is 1. The molecule has 0 heterocycles. The molecule has 0 bridgehead atoms. The maximum Gasteiger partial charge on any atom is 0.269 e. The van der Waals surface area contributed by atoms with E-state index in [-0.39, 0.29) is 18.1 Å². The molecule has 0 aliphatic heterocycles. The van der Waals surface area contributed by atoms with Gasteiger partial charge in [0.25, 0.3) is 11.6 Å². The first-order chi connectivity index (χ1) is 11.4. The molecule has 0 aliphatic carbocycles. The smallest absolute Gasteiger partial charge is 0.269 e. The average molecular weight is 329 g/mol. The van der Waals surface area contributed by atoms with Crippen LogP contribution in [0, 0.1) is 10.1 Å². The standard InChI is InChI=1S/C17H19N3O4/c1-19(2)15-5-3-4-13(10-15)17(22)18-11-16(21)12-6-8-14(9-7-12)20(23)24/h3-10,16,21H,11H2,1-2H3,(H,18,22)/t16-/m0/s1. The predicted molar refractivity (Wildman–Crippen MR) is 91.2 cm³/mol. The van der Waals surface area contributed by atoms with Crippen molar-refractivity contribution in [3.8, 4) is 0 Å². The molecule has 2 aromatic carbocycles. The van der Waals surface area contributed by atoms with Crippen molar-refractivity contribution < 1.29 is 14.8 Å². The Kier molecular flexibility index (Phi) is 5.49. The van der Waals surface area contributed by atoms with Crippen LogP contribution in [-0.4, -0.2) is 36.6 Å². The quantitative estimate of drug-likeness (QED) is 0.625. The highest BCUT2D eigenvalue weighted by atomic mass is 16.6. The third-order valence-electron chi connectivity index (χ3n) is 3.57. The molecule has 0 radical (unpaired) electrons. The Morgan fingerprint density at radius 1 is 1.25 bits per heavy atom. The van der Waals surface area contributed by atoms with Gasteiger partial charge in [-0.25, -0.2) is 0 Å². The molecule has 2 aromatic rings. The normalized spacial score (nSPS) is 11.6. The first-order valence-electron chi connectivity index (χ1n) is 7.36. The molecular formula is C17H19N3O4. The Morgan fingerprint density at radius 2 is 1.92 bits per heavy atom. The minimum atomic E-state index is -0.938. The topological polar surface area (TPSA) is 95.7 Å². The lowest BCUT2D eigenvalue weighted by atomic mass is 10.1. The van der Waals surface area contributed by atoms with Gasteiger partial charge in [0.15, 0.2) is 0 Å². The van der Waals surface area contributed by atoms with Crippen molar-refractivity contribution in [1.82, 2.24) is 5.32 Å². The molecule has 7 heteroatoms. The van der Waals surface area contributed by atoms with Gasteiger partial charge in [-0.3, -0.25) is 14.9 Å². The third kappa shape index (κ3) is 4.30. The molecule has 2 N–H and O–H groups in total. The number of amides is 1. The third-order valence-corrected chi connectivity index (χ3v) is 3.57. The Morgan fingerprint density at radius 3 is 2.50 bits per heavy atom. The van der Waals surface area contributed by atoms with Gasteiger partial charge in [-0.1, -0.05) is 6.07 Å². The predicted octanol–water partition coefficient (Wildman–Crippen LogP) is 2.12. The van der Waals surface area contributed by atoms with E-state index in [1.807, 2.05) is 25.1 Å². The van der Waals surface area contributed by atoms with Crippen LogP contribution in [0.15, 0.2) is 48.5 Å². The summed E-state index contributed by atoms with van der Waals surface area (Å²) in [4.78, 5) is 24.2. The lowest BCUT2D eigenvalue weighted by molar-refractivity contribution is -0.384. The van der Waals surface area contributed by atoms with Crippen LogP contribution in [0.4, 0.5) is 11.4 Å². The molecule has 0 fully saturated rings. The zero-order valence-corrected chi connectivity index (χ0v) is 13.5. The van der Waals surface area contributed by atoms with Crippen molar-refractivity contribution in [3.05, 3.63) is 69.8 Å². The van der Waals surface area contributed by atoms with Crippen LogP contribution < -0.4 is 10.2 Å². The molecule has 0 aromatic heterocycles. The number of hydrogen-bond acceptors (Lipinski definition) is 5. The Labute approximate surface area is 139 Å². The minimum Gasteiger partial charge on any atom is -0.387 e. The number of carbonyl (C=O) groups is 1. The summed E-state index contributed by atoms with van der Waals surface area (Å²) in [6.07, 6.45) is -0.938. The fourth-order valence-electron chi connectivity index (χ4n) is 2.15. The zero-order valence-electron chi connectivity index (χ0n) is 13.5. The molecule has 0 spiro atoms. The van der Waals surface area contributed by atoms with E-state index in [4.69, 9.17) is 0 Å². The first-order valence-corrected chi connectivity index (χ1v) is 7.36. The molecule has 0 unspecified atom stereocenters. The van der Waals surface area contributed by atoms with Gasteiger partial charge in [-0.15, -0.1) is 0 Å². The molecule has 0 saturated carbocycles. The van der Waals surface area contributed by atoms with E-state index >= 15 is 0 Å². The molecule has 24 heavy (non-hydrogen) atoms. The summed E-state index contributed by atoms with van der Waals surface area (Å²) in [5.74, 6) is -0.292. The molecule has 126 valence electrons. The minimum absolute atomic E-state index is 0.0167. The number of aliphatic hydroxyl groups excluding tert-OH is 1. The number of anilines is 1. The number of benzene rings is 2. The van der Waals surface area contributed by atoms with E-state index in [9.17, 15) is 20.0 Å². The van der Waals surface area contributed by atoms with Gasteiger partial charge in [-0.05, 0) is 35.9 Å². The van der Waals surface area contributed by atoms with E-state index in [1.165, 1.54) is 24.3 Å². The number of nitrogens with zero attached hydrogens (tertiary/aromatic N) is 2. The maximum absolute atomic E-state index is 12.2. The van der Waals surface area contributed by atoms with Crippen LogP contribution in [0.3, 0.4) is 0 Å². The van der Waals surface area contributed by atoms with Gasteiger partial charge in [-0.2, -0.15) is 0 Å². The zero-order chi connectivity index (χ0) is 17.7. The fourth-order valence-corrected chi connectivity index (χ4v) is 2.15. The summed E-state index contributed by atoms with van der Waals surface area (Å²) in [6.45, 7) is 0.0167. The van der Waals surface area contributed by atoms with E-state index < -0.39 is 11.0 Å². The highest BCUT2D eigenvalue weighted by molar-refractivity contribution is 5.95. The lowest BCUT2D eigenvalue weighted by Crippen LogP contribution is -2.28. The highest BCUT2D eigenvalue weighted by Gasteiger charge is 2.13. The molecule has 7 nitrogen and oxygen atoms in total. The van der Waals surface area contributed by atoms with Crippen LogP contribution in [0.2, 0.25) is 0 Å². The molecule has 2 rings (SSSR count). The maximum atomic E-state index is 12.2. The number of rotatable bonds is 6. The van der Waals surface area contributed by atoms with Crippen molar-refractivity contribution in [2.45, 2.75) is 6.10 Å². The van der Waals surface area contributed by atoms with E-state index in [2.05, 4.69) is 5.32 Å². The van der Waals surface area contributed by atoms with E-state index in [0.29, 0.717) is 11.1 Å². The first kappa shape index (κ1) is 17.4. The number of nitrogens with one attached hydrogen (secondary N) is 1. The molecular weight excluding hydrogens is 310 g/mol. The summed E-state index contributed by atoms with van der Waals surface area (Å²) >= 11 is 0. The van der Waals surface area contributed by atoms with E-state index in [0.717, 1.165) is 5.69 Å². The second kappa shape index (κ2) is 7.56. The van der Waals surface area contributed by atoms with Crippen LogP contribution in [0.25, 0.3) is 0 Å². The van der Waals surface area contributed by atoms with Gasteiger partial charge in [0.05, 0.1) is 11.0 Å². The second-order valence-corrected chi connectivity index (χ2v) is 5.52. The number of nitro benzene ring substituents is 1. The Hall–Kier alpha value is -2.93. The Balaban J connectivity index is 1.98. The SMILES string of the molecule is CN(C)c1cccc(C(=O)NC[C@H](O)c2ccc([N+](=O)[O-])cc2)c1. The van der Waals surface area contributed by atoms with Gasteiger partial charge in [0.1, 0.15) is 0 Å². The monoisotopic (exact) mass is 329 g/mol. The number of non-ortho nitro benzene ring substituents is 1. The van der Waals surface area contributed by atoms with Crippen LogP contribution in [0.1, 0.15) is 22.0 Å². The molecule has 1 amide bonds.